The molecule has 0 unspecified atom stereocenters. The molecule has 0 atom stereocenters. The Morgan fingerprint density at radius 2 is 1.81 bits per heavy atom. The number of hydrogen-bond acceptors (Lipinski definition) is 1. The number of unbranched alkanes of at least 4 members (excludes halogenated alkanes) is 1. The van der Waals surface area contributed by atoms with E-state index in [9.17, 15) is 4.79 Å². The Kier molecular flexibility index (Phi) is 5.50. The Bertz CT molecular complexity index is 365. The van der Waals surface area contributed by atoms with Crippen molar-refractivity contribution in [2.75, 3.05) is 5.33 Å². The van der Waals surface area contributed by atoms with Crippen LogP contribution in [0, 0.1) is 13.8 Å². The van der Waals surface area contributed by atoms with Crippen molar-refractivity contribution < 1.29 is 4.79 Å². The molecule has 0 amide bonds. The van der Waals surface area contributed by atoms with E-state index in [4.69, 9.17) is 11.6 Å². The maximum Gasteiger partial charge on any atom is 0.162 e. The van der Waals surface area contributed by atoms with Crippen molar-refractivity contribution in [2.24, 2.45) is 0 Å². The molecule has 0 aliphatic heterocycles. The average Bonchev–Trinajstić information content (AvgIpc) is 2.25. The Morgan fingerprint density at radius 1 is 1.25 bits per heavy atom. The zero-order valence-electron chi connectivity index (χ0n) is 9.65. The minimum Gasteiger partial charge on any atom is -0.294 e. The molecule has 1 aromatic rings. The third-order valence-corrected chi connectivity index (χ3v) is 3.70. The van der Waals surface area contributed by atoms with Gasteiger partial charge < -0.3 is 0 Å². The smallest absolute Gasteiger partial charge is 0.162 e. The highest BCUT2D eigenvalue weighted by atomic mass is 79.9. The summed E-state index contributed by atoms with van der Waals surface area (Å²) < 4.78 is 0. The second-order valence-electron chi connectivity index (χ2n) is 3.99. The number of halogens is 2. The second-order valence-corrected chi connectivity index (χ2v) is 5.16. The van der Waals surface area contributed by atoms with E-state index in [-0.39, 0.29) is 5.78 Å². The molecule has 0 heterocycles. The van der Waals surface area contributed by atoms with E-state index >= 15 is 0 Å². The highest BCUT2D eigenvalue weighted by molar-refractivity contribution is 9.09. The van der Waals surface area contributed by atoms with Gasteiger partial charge in [-0.1, -0.05) is 27.5 Å². The van der Waals surface area contributed by atoms with Gasteiger partial charge in [-0.05, 0) is 49.9 Å². The molecule has 0 N–H and O–H groups in total. The molecule has 1 rings (SSSR count). The van der Waals surface area contributed by atoms with Gasteiger partial charge in [-0.3, -0.25) is 4.79 Å². The van der Waals surface area contributed by atoms with Gasteiger partial charge in [0.15, 0.2) is 5.78 Å². The predicted octanol–water partition coefficient (Wildman–Crippen LogP) is 4.70. The van der Waals surface area contributed by atoms with Gasteiger partial charge in [-0.25, -0.2) is 0 Å². The van der Waals surface area contributed by atoms with Gasteiger partial charge in [0, 0.05) is 22.3 Å². The van der Waals surface area contributed by atoms with Crippen LogP contribution in [-0.2, 0) is 0 Å². The molecule has 16 heavy (non-hydrogen) atoms. The number of Topliss-reactive ketones (excluding diaryl/α,β-unsaturated/α-hetero) is 1. The monoisotopic (exact) mass is 302 g/mol. The van der Waals surface area contributed by atoms with Crippen LogP contribution < -0.4 is 0 Å². The molecule has 0 aliphatic rings. The quantitative estimate of drug-likeness (QED) is 0.437. The zero-order chi connectivity index (χ0) is 12.1. The minimum absolute atomic E-state index is 0.212. The standard InChI is InChI=1S/C13H16BrClO/c1-9-7-11(8-10(2)13(9)15)12(16)5-3-4-6-14/h7-8H,3-6H2,1-2H3. The van der Waals surface area contributed by atoms with Crippen molar-refractivity contribution in [3.05, 3.63) is 33.8 Å². The number of carbonyl (C=O) groups excluding carboxylic acids is 1. The van der Waals surface area contributed by atoms with Crippen LogP contribution in [0.5, 0.6) is 0 Å². The number of carbonyl (C=O) groups is 1. The number of ketones is 1. The van der Waals surface area contributed by atoms with Crippen LogP contribution >= 0.6 is 27.5 Å². The van der Waals surface area contributed by atoms with Gasteiger partial charge in [-0.15, -0.1) is 0 Å². The van der Waals surface area contributed by atoms with Crippen LogP contribution in [0.25, 0.3) is 0 Å². The lowest BCUT2D eigenvalue weighted by atomic mass is 10.0. The van der Waals surface area contributed by atoms with E-state index in [1.165, 1.54) is 0 Å². The lowest BCUT2D eigenvalue weighted by Crippen LogP contribution is -2.01. The first kappa shape index (κ1) is 13.7. The number of rotatable bonds is 5. The van der Waals surface area contributed by atoms with E-state index < -0.39 is 0 Å². The third-order valence-electron chi connectivity index (χ3n) is 2.55. The van der Waals surface area contributed by atoms with E-state index in [0.29, 0.717) is 6.42 Å². The van der Waals surface area contributed by atoms with E-state index in [1.54, 1.807) is 0 Å². The van der Waals surface area contributed by atoms with Crippen LogP contribution in [-0.4, -0.2) is 11.1 Å². The molecule has 3 heteroatoms. The lowest BCUT2D eigenvalue weighted by molar-refractivity contribution is 0.0980. The Labute approximate surface area is 110 Å². The van der Waals surface area contributed by atoms with Crippen molar-refractivity contribution in [3.63, 3.8) is 0 Å². The van der Waals surface area contributed by atoms with E-state index in [0.717, 1.165) is 39.9 Å². The van der Waals surface area contributed by atoms with Gasteiger partial charge in [0.2, 0.25) is 0 Å². The van der Waals surface area contributed by atoms with Gasteiger partial charge >= 0.3 is 0 Å². The lowest BCUT2D eigenvalue weighted by Gasteiger charge is -2.06. The van der Waals surface area contributed by atoms with Crippen molar-refractivity contribution in [1.82, 2.24) is 0 Å². The molecular formula is C13H16BrClO. The number of aryl methyl sites for hydroxylation is 2. The van der Waals surface area contributed by atoms with Crippen LogP contribution in [0.4, 0.5) is 0 Å². The van der Waals surface area contributed by atoms with Crippen molar-refractivity contribution in [2.45, 2.75) is 33.1 Å². The number of hydrogen-bond donors (Lipinski definition) is 0. The fourth-order valence-corrected chi connectivity index (χ4v) is 2.14. The first-order valence-electron chi connectivity index (χ1n) is 5.42. The summed E-state index contributed by atoms with van der Waals surface area (Å²) in [6, 6.07) is 3.76. The molecule has 0 spiro atoms. The van der Waals surface area contributed by atoms with Crippen molar-refractivity contribution >= 4 is 33.3 Å². The highest BCUT2D eigenvalue weighted by Gasteiger charge is 2.09. The van der Waals surface area contributed by atoms with Crippen molar-refractivity contribution in [3.8, 4) is 0 Å². The highest BCUT2D eigenvalue weighted by Crippen LogP contribution is 2.22. The first-order valence-corrected chi connectivity index (χ1v) is 6.92. The van der Waals surface area contributed by atoms with Crippen LogP contribution in [0.3, 0.4) is 0 Å². The summed E-state index contributed by atoms with van der Waals surface area (Å²) in [5, 5.41) is 1.72. The molecular weight excluding hydrogens is 287 g/mol. The molecule has 1 aromatic carbocycles. The Hall–Kier alpha value is -0.340. The molecule has 0 saturated carbocycles. The maximum absolute atomic E-state index is 11.9. The van der Waals surface area contributed by atoms with Crippen LogP contribution in [0.1, 0.15) is 40.7 Å². The molecule has 88 valence electrons. The minimum atomic E-state index is 0.212. The SMILES string of the molecule is Cc1cc(C(=O)CCCCBr)cc(C)c1Cl. The molecule has 0 fully saturated rings. The van der Waals surface area contributed by atoms with Gasteiger partial charge in [0.05, 0.1) is 0 Å². The summed E-state index contributed by atoms with van der Waals surface area (Å²) in [5.74, 6) is 0.212. The fraction of sp³-hybridized carbons (Fsp3) is 0.462. The molecule has 0 aliphatic carbocycles. The summed E-state index contributed by atoms with van der Waals surface area (Å²) in [4.78, 5) is 11.9. The van der Waals surface area contributed by atoms with Gasteiger partial charge in [0.25, 0.3) is 0 Å². The number of alkyl halides is 1. The van der Waals surface area contributed by atoms with Crippen LogP contribution in [0.2, 0.25) is 5.02 Å². The third kappa shape index (κ3) is 3.60. The molecule has 1 nitrogen and oxygen atoms in total. The van der Waals surface area contributed by atoms with Gasteiger partial charge in [0.1, 0.15) is 0 Å². The normalized spacial score (nSPS) is 10.5. The maximum atomic E-state index is 11.9. The largest absolute Gasteiger partial charge is 0.294 e. The average molecular weight is 304 g/mol. The van der Waals surface area contributed by atoms with E-state index in [1.807, 2.05) is 26.0 Å². The zero-order valence-corrected chi connectivity index (χ0v) is 12.0. The Morgan fingerprint density at radius 3 is 2.31 bits per heavy atom. The first-order chi connectivity index (χ1) is 7.56. The summed E-state index contributed by atoms with van der Waals surface area (Å²) in [6.07, 6.45) is 2.59. The van der Waals surface area contributed by atoms with E-state index in [2.05, 4.69) is 15.9 Å². The number of benzene rings is 1. The van der Waals surface area contributed by atoms with Crippen molar-refractivity contribution in [1.29, 1.82) is 0 Å². The summed E-state index contributed by atoms with van der Waals surface area (Å²) >= 11 is 9.42. The fourth-order valence-electron chi connectivity index (χ4n) is 1.63. The summed E-state index contributed by atoms with van der Waals surface area (Å²) in [6.45, 7) is 3.87. The topological polar surface area (TPSA) is 17.1 Å². The van der Waals surface area contributed by atoms with Crippen LogP contribution in [0.15, 0.2) is 12.1 Å². The predicted molar refractivity (Wildman–Crippen MR) is 72.9 cm³/mol. The molecule has 0 radical (unpaired) electrons. The molecule has 0 bridgehead atoms. The summed E-state index contributed by atoms with van der Waals surface area (Å²) in [7, 11) is 0. The van der Waals surface area contributed by atoms with Gasteiger partial charge in [-0.2, -0.15) is 0 Å². The Balaban J connectivity index is 2.76. The molecule has 0 aromatic heterocycles. The molecule has 0 saturated heterocycles. The second kappa shape index (κ2) is 6.41. The summed E-state index contributed by atoms with van der Waals surface area (Å²) in [5.41, 5.74) is 2.74.